The predicted molar refractivity (Wildman–Crippen MR) is 81.6 cm³/mol. The van der Waals surface area contributed by atoms with Crippen molar-refractivity contribution in [1.29, 1.82) is 5.26 Å². The van der Waals surface area contributed by atoms with Crippen molar-refractivity contribution in [3.05, 3.63) is 53.1 Å². The van der Waals surface area contributed by atoms with Crippen LogP contribution in [0.4, 0.5) is 0 Å². The van der Waals surface area contributed by atoms with E-state index in [4.69, 9.17) is 10.00 Å². The molecule has 0 aliphatic heterocycles. The SMILES string of the molecule is CCCc1cc(C)cc(C)c1-c1ccc(OC#N)cc1. The van der Waals surface area contributed by atoms with Gasteiger partial charge < -0.3 is 4.74 Å². The number of hydrogen-bond acceptors (Lipinski definition) is 2. The molecule has 0 aliphatic rings. The Labute approximate surface area is 120 Å². The van der Waals surface area contributed by atoms with Crippen LogP contribution in [0.2, 0.25) is 0 Å². The molecule has 0 spiro atoms. The summed E-state index contributed by atoms with van der Waals surface area (Å²) in [7, 11) is 0. The molecule has 2 nitrogen and oxygen atoms in total. The molecular weight excluding hydrogens is 246 g/mol. The standard InChI is InChI=1S/C18H19NO/c1-4-5-16-11-13(2)10-14(3)18(16)15-6-8-17(9-7-15)20-12-19/h6-11H,4-5H2,1-3H3. The lowest BCUT2D eigenvalue weighted by Crippen LogP contribution is -1.95. The highest BCUT2D eigenvalue weighted by Gasteiger charge is 2.09. The Kier molecular flexibility index (Phi) is 4.42. The van der Waals surface area contributed by atoms with Crippen LogP contribution in [-0.4, -0.2) is 0 Å². The molecule has 2 aromatic carbocycles. The molecule has 2 heteroatoms. The molecule has 0 saturated heterocycles. The van der Waals surface area contributed by atoms with E-state index in [1.54, 1.807) is 6.26 Å². The van der Waals surface area contributed by atoms with Gasteiger partial charge in [0, 0.05) is 0 Å². The van der Waals surface area contributed by atoms with E-state index in [1.807, 2.05) is 24.3 Å². The van der Waals surface area contributed by atoms with Crippen LogP contribution in [0.5, 0.6) is 5.75 Å². The molecular formula is C18H19NO. The van der Waals surface area contributed by atoms with Gasteiger partial charge in [-0.05, 0) is 54.7 Å². The number of aryl methyl sites for hydroxylation is 3. The first-order chi connectivity index (χ1) is 9.65. The summed E-state index contributed by atoms with van der Waals surface area (Å²) in [5, 5.41) is 8.52. The molecule has 0 aromatic heterocycles. The summed E-state index contributed by atoms with van der Waals surface area (Å²) in [5.74, 6) is 0.582. The molecule has 0 amide bonds. The normalized spacial score (nSPS) is 10.1. The molecule has 0 atom stereocenters. The number of ether oxygens (including phenoxy) is 1. The predicted octanol–water partition coefficient (Wildman–Crippen LogP) is 4.78. The molecule has 0 radical (unpaired) electrons. The van der Waals surface area contributed by atoms with Gasteiger partial charge in [0.15, 0.2) is 0 Å². The first-order valence-corrected chi connectivity index (χ1v) is 6.92. The Balaban J connectivity index is 2.48. The average molecular weight is 265 g/mol. The van der Waals surface area contributed by atoms with E-state index < -0.39 is 0 Å². The van der Waals surface area contributed by atoms with Crippen molar-refractivity contribution in [2.45, 2.75) is 33.6 Å². The lowest BCUT2D eigenvalue weighted by atomic mass is 9.91. The molecule has 2 rings (SSSR count). The topological polar surface area (TPSA) is 33.0 Å². The quantitative estimate of drug-likeness (QED) is 0.745. The summed E-state index contributed by atoms with van der Waals surface area (Å²) in [6.07, 6.45) is 3.90. The van der Waals surface area contributed by atoms with Gasteiger partial charge in [0.25, 0.3) is 6.26 Å². The minimum absolute atomic E-state index is 0.582. The Morgan fingerprint density at radius 3 is 2.40 bits per heavy atom. The third-order valence-electron chi connectivity index (χ3n) is 3.39. The van der Waals surface area contributed by atoms with Crippen LogP contribution in [0.1, 0.15) is 30.0 Å². The monoisotopic (exact) mass is 265 g/mol. The van der Waals surface area contributed by atoms with Crippen LogP contribution >= 0.6 is 0 Å². The largest absolute Gasteiger partial charge is 0.388 e. The zero-order valence-electron chi connectivity index (χ0n) is 12.2. The summed E-state index contributed by atoms with van der Waals surface area (Å²) in [6.45, 7) is 6.49. The van der Waals surface area contributed by atoms with E-state index in [1.165, 1.54) is 27.8 Å². The van der Waals surface area contributed by atoms with Crippen LogP contribution in [0.25, 0.3) is 11.1 Å². The number of hydrogen-bond donors (Lipinski definition) is 0. The second kappa shape index (κ2) is 6.25. The first-order valence-electron chi connectivity index (χ1n) is 6.92. The minimum atomic E-state index is 0.582. The Morgan fingerprint density at radius 2 is 1.80 bits per heavy atom. The van der Waals surface area contributed by atoms with Crippen molar-refractivity contribution in [3.8, 4) is 23.1 Å². The molecule has 0 heterocycles. The first kappa shape index (κ1) is 14.1. The fraction of sp³-hybridized carbons (Fsp3) is 0.278. The van der Waals surface area contributed by atoms with E-state index in [0.717, 1.165) is 12.8 Å². The van der Waals surface area contributed by atoms with Crippen LogP contribution in [0.15, 0.2) is 36.4 Å². The smallest absolute Gasteiger partial charge is 0.292 e. The molecule has 0 aliphatic carbocycles. The average Bonchev–Trinajstić information content (AvgIpc) is 2.40. The van der Waals surface area contributed by atoms with Crippen molar-refractivity contribution in [2.24, 2.45) is 0 Å². The molecule has 0 saturated carbocycles. The number of nitrogens with zero attached hydrogens (tertiary/aromatic N) is 1. The molecule has 102 valence electrons. The van der Waals surface area contributed by atoms with Crippen LogP contribution in [0.3, 0.4) is 0 Å². The van der Waals surface area contributed by atoms with E-state index in [2.05, 4.69) is 32.9 Å². The third-order valence-corrected chi connectivity index (χ3v) is 3.39. The summed E-state index contributed by atoms with van der Waals surface area (Å²) in [6, 6.07) is 12.2. The molecule has 0 bridgehead atoms. The fourth-order valence-corrected chi connectivity index (χ4v) is 2.68. The molecule has 0 fully saturated rings. The van der Waals surface area contributed by atoms with Gasteiger partial charge in [0.2, 0.25) is 0 Å². The second-order valence-corrected chi connectivity index (χ2v) is 5.08. The van der Waals surface area contributed by atoms with Crippen molar-refractivity contribution >= 4 is 0 Å². The maximum atomic E-state index is 8.52. The van der Waals surface area contributed by atoms with Gasteiger partial charge in [-0.2, -0.15) is 0 Å². The van der Waals surface area contributed by atoms with Crippen molar-refractivity contribution < 1.29 is 4.74 Å². The van der Waals surface area contributed by atoms with E-state index in [-0.39, 0.29) is 0 Å². The fourth-order valence-electron chi connectivity index (χ4n) is 2.68. The summed E-state index contributed by atoms with van der Waals surface area (Å²) < 4.78 is 4.83. The Morgan fingerprint density at radius 1 is 1.10 bits per heavy atom. The van der Waals surface area contributed by atoms with Gasteiger partial charge in [-0.25, -0.2) is 0 Å². The van der Waals surface area contributed by atoms with Gasteiger partial charge in [0.05, 0.1) is 0 Å². The maximum Gasteiger partial charge on any atom is 0.292 e. The van der Waals surface area contributed by atoms with Crippen LogP contribution < -0.4 is 4.74 Å². The summed E-state index contributed by atoms with van der Waals surface area (Å²) >= 11 is 0. The summed E-state index contributed by atoms with van der Waals surface area (Å²) in [4.78, 5) is 0. The van der Waals surface area contributed by atoms with Gasteiger partial charge in [-0.15, -0.1) is 5.26 Å². The Bertz CT molecular complexity index is 636. The molecule has 0 N–H and O–H groups in total. The minimum Gasteiger partial charge on any atom is -0.388 e. The van der Waals surface area contributed by atoms with Crippen molar-refractivity contribution in [3.63, 3.8) is 0 Å². The zero-order valence-corrected chi connectivity index (χ0v) is 12.2. The molecule has 0 unspecified atom stereocenters. The second-order valence-electron chi connectivity index (χ2n) is 5.08. The lowest BCUT2D eigenvalue weighted by Gasteiger charge is -2.14. The number of benzene rings is 2. The Hall–Kier alpha value is -2.27. The van der Waals surface area contributed by atoms with E-state index in [9.17, 15) is 0 Å². The van der Waals surface area contributed by atoms with Crippen molar-refractivity contribution in [1.82, 2.24) is 0 Å². The number of rotatable bonds is 4. The third kappa shape index (κ3) is 3.00. The van der Waals surface area contributed by atoms with Gasteiger partial charge in [-0.1, -0.05) is 43.2 Å². The van der Waals surface area contributed by atoms with Crippen LogP contribution in [-0.2, 0) is 6.42 Å². The maximum absolute atomic E-state index is 8.52. The molecule has 20 heavy (non-hydrogen) atoms. The molecule has 2 aromatic rings. The van der Waals surface area contributed by atoms with Crippen LogP contribution in [0, 0.1) is 25.4 Å². The number of nitriles is 1. The van der Waals surface area contributed by atoms with Gasteiger partial charge in [0.1, 0.15) is 5.75 Å². The highest BCUT2D eigenvalue weighted by molar-refractivity contribution is 5.72. The zero-order chi connectivity index (χ0) is 14.5. The van der Waals surface area contributed by atoms with Crippen molar-refractivity contribution in [2.75, 3.05) is 0 Å². The van der Waals surface area contributed by atoms with E-state index >= 15 is 0 Å². The highest BCUT2D eigenvalue weighted by Crippen LogP contribution is 2.31. The highest BCUT2D eigenvalue weighted by atomic mass is 16.5. The summed E-state index contributed by atoms with van der Waals surface area (Å²) in [5.41, 5.74) is 6.47. The van der Waals surface area contributed by atoms with Gasteiger partial charge >= 0.3 is 0 Å². The van der Waals surface area contributed by atoms with E-state index in [0.29, 0.717) is 5.75 Å². The van der Waals surface area contributed by atoms with Gasteiger partial charge in [-0.3, -0.25) is 0 Å². The lowest BCUT2D eigenvalue weighted by molar-refractivity contribution is 0.507.